The first-order chi connectivity index (χ1) is 19.5. The summed E-state index contributed by atoms with van der Waals surface area (Å²) in [6.45, 7) is 4.41. The number of hydrogen-bond acceptors (Lipinski definition) is 6. The number of aliphatic carboxylic acids is 1. The van der Waals surface area contributed by atoms with Crippen LogP contribution >= 0.6 is 27.7 Å². The number of halogens is 1. The summed E-state index contributed by atoms with van der Waals surface area (Å²) in [5.74, 6) is -0.378. The van der Waals surface area contributed by atoms with Crippen LogP contribution in [0.15, 0.2) is 71.2 Å². The number of thioether (sulfide) groups is 1. The van der Waals surface area contributed by atoms with E-state index in [0.29, 0.717) is 17.7 Å². The zero-order valence-corrected chi connectivity index (χ0v) is 26.7. The lowest BCUT2D eigenvalue weighted by Crippen LogP contribution is -2.42. The van der Waals surface area contributed by atoms with Crippen LogP contribution in [0, 0.1) is 6.92 Å². The normalized spacial score (nSPS) is 13.0. The Morgan fingerprint density at radius 3 is 2.44 bits per heavy atom. The Morgan fingerprint density at radius 2 is 1.78 bits per heavy atom. The third-order valence-electron chi connectivity index (χ3n) is 6.49. The number of carbonyl (C=O) groups is 2. The van der Waals surface area contributed by atoms with Gasteiger partial charge >= 0.3 is 5.97 Å². The van der Waals surface area contributed by atoms with Gasteiger partial charge in [0.25, 0.3) is 5.91 Å². The molecule has 3 aromatic carbocycles. The van der Waals surface area contributed by atoms with Crippen molar-refractivity contribution >= 4 is 49.4 Å². The van der Waals surface area contributed by atoms with Crippen LogP contribution in [-0.2, 0) is 32.4 Å². The number of hydrogen-bond donors (Lipinski definition) is 2. The maximum Gasteiger partial charge on any atom is 0.326 e. The minimum atomic E-state index is -3.39. The average Bonchev–Trinajstić information content (AvgIpc) is 2.92. The second-order valence-corrected chi connectivity index (χ2v) is 14.4. The molecule has 0 aliphatic heterocycles. The summed E-state index contributed by atoms with van der Waals surface area (Å²) in [5, 5.41) is 12.1. The van der Waals surface area contributed by atoms with E-state index in [1.54, 1.807) is 6.07 Å². The van der Waals surface area contributed by atoms with Gasteiger partial charge < -0.3 is 15.2 Å². The van der Waals surface area contributed by atoms with Gasteiger partial charge in [-0.25, -0.2) is 13.2 Å². The smallest absolute Gasteiger partial charge is 0.326 e. The summed E-state index contributed by atoms with van der Waals surface area (Å²) in [6, 6.07) is 19.9. The Hall–Kier alpha value is -2.66. The summed E-state index contributed by atoms with van der Waals surface area (Å²) in [6.07, 6.45) is 1.57. The molecule has 3 aromatic rings. The van der Waals surface area contributed by atoms with Crippen LogP contribution < -0.4 is 5.32 Å². The van der Waals surface area contributed by atoms with E-state index in [0.717, 1.165) is 45.3 Å². The summed E-state index contributed by atoms with van der Waals surface area (Å²) in [5.41, 5.74) is 4.82. The number of aryl methyl sites for hydroxylation is 1. The average molecular weight is 663 g/mol. The highest BCUT2D eigenvalue weighted by Crippen LogP contribution is 2.29. The van der Waals surface area contributed by atoms with E-state index in [1.165, 1.54) is 5.56 Å². The lowest BCUT2D eigenvalue weighted by Gasteiger charge is -2.20. The zero-order valence-electron chi connectivity index (χ0n) is 23.4. The van der Waals surface area contributed by atoms with E-state index in [2.05, 4.69) is 40.3 Å². The van der Waals surface area contributed by atoms with E-state index in [1.807, 2.05) is 67.2 Å². The SMILES string of the molecule is CCSCC(Cc1cccc(Br)c1)OCc1ccc(C(=O)NC(CCS(C)(=O)=O)C(=O)O)c(-c2ccccc2C)c1. The molecule has 10 heteroatoms. The van der Waals surface area contributed by atoms with Crippen molar-refractivity contribution in [2.45, 2.75) is 45.4 Å². The monoisotopic (exact) mass is 661 g/mol. The molecule has 2 N–H and O–H groups in total. The van der Waals surface area contributed by atoms with Gasteiger partial charge in [0.15, 0.2) is 0 Å². The van der Waals surface area contributed by atoms with Gasteiger partial charge in [-0.2, -0.15) is 11.8 Å². The Labute approximate surface area is 255 Å². The van der Waals surface area contributed by atoms with Crippen molar-refractivity contribution in [3.05, 3.63) is 93.5 Å². The highest BCUT2D eigenvalue weighted by Gasteiger charge is 2.24. The number of rotatable bonds is 15. The fraction of sp³-hybridized carbons (Fsp3) is 0.355. The van der Waals surface area contributed by atoms with Gasteiger partial charge in [-0.3, -0.25) is 4.79 Å². The molecule has 0 radical (unpaired) electrons. The van der Waals surface area contributed by atoms with Crippen LogP contribution in [-0.4, -0.2) is 61.1 Å². The molecule has 0 saturated heterocycles. The highest BCUT2D eigenvalue weighted by atomic mass is 79.9. The van der Waals surface area contributed by atoms with Gasteiger partial charge in [-0.05, 0) is 77.6 Å². The molecule has 0 aliphatic rings. The lowest BCUT2D eigenvalue weighted by molar-refractivity contribution is -0.139. The highest BCUT2D eigenvalue weighted by molar-refractivity contribution is 9.10. The minimum absolute atomic E-state index is 0.00898. The van der Waals surface area contributed by atoms with Crippen molar-refractivity contribution in [3.8, 4) is 11.1 Å². The fourth-order valence-electron chi connectivity index (χ4n) is 4.36. The van der Waals surface area contributed by atoms with E-state index < -0.39 is 27.8 Å². The Bertz CT molecular complexity index is 1460. The predicted octanol–water partition coefficient (Wildman–Crippen LogP) is 5.92. The van der Waals surface area contributed by atoms with Gasteiger partial charge in [0.05, 0.1) is 18.5 Å². The Kier molecular flexibility index (Phi) is 12.4. The first-order valence-corrected chi connectivity index (χ1v) is 17.3. The molecule has 3 rings (SSSR count). The quantitative estimate of drug-likeness (QED) is 0.208. The summed E-state index contributed by atoms with van der Waals surface area (Å²) in [4.78, 5) is 25.1. The fourth-order valence-corrected chi connectivity index (χ4v) is 6.18. The molecule has 2 unspecified atom stereocenters. The summed E-state index contributed by atoms with van der Waals surface area (Å²) >= 11 is 5.36. The molecule has 2 atom stereocenters. The molecule has 0 saturated carbocycles. The summed E-state index contributed by atoms with van der Waals surface area (Å²) in [7, 11) is -3.39. The number of ether oxygens (including phenoxy) is 1. The first kappa shape index (κ1) is 32.8. The summed E-state index contributed by atoms with van der Waals surface area (Å²) < 4.78 is 30.6. The van der Waals surface area contributed by atoms with Gasteiger partial charge in [0, 0.05) is 22.0 Å². The van der Waals surface area contributed by atoms with Crippen molar-refractivity contribution in [1.82, 2.24) is 5.32 Å². The number of nitrogens with one attached hydrogen (secondary N) is 1. The molecule has 0 aliphatic carbocycles. The lowest BCUT2D eigenvalue weighted by atomic mass is 9.93. The molecule has 220 valence electrons. The zero-order chi connectivity index (χ0) is 30.0. The number of amides is 1. The van der Waals surface area contributed by atoms with Crippen LogP contribution in [0.5, 0.6) is 0 Å². The van der Waals surface area contributed by atoms with Crippen molar-refractivity contribution in [2.75, 3.05) is 23.5 Å². The molecule has 7 nitrogen and oxygen atoms in total. The molecular weight excluding hydrogens is 626 g/mol. The number of carboxylic acid groups (broad SMARTS) is 1. The number of benzene rings is 3. The third-order valence-corrected chi connectivity index (χ3v) is 8.98. The molecule has 41 heavy (non-hydrogen) atoms. The molecule has 0 bridgehead atoms. The second kappa shape index (κ2) is 15.5. The predicted molar refractivity (Wildman–Crippen MR) is 169 cm³/mol. The van der Waals surface area contributed by atoms with Crippen LogP contribution in [0.3, 0.4) is 0 Å². The van der Waals surface area contributed by atoms with Crippen molar-refractivity contribution in [3.63, 3.8) is 0 Å². The van der Waals surface area contributed by atoms with Crippen LogP contribution in [0.25, 0.3) is 11.1 Å². The Morgan fingerprint density at radius 1 is 1.02 bits per heavy atom. The molecule has 1 amide bonds. The van der Waals surface area contributed by atoms with Crippen LogP contribution in [0.2, 0.25) is 0 Å². The van der Waals surface area contributed by atoms with Gasteiger partial charge in [0.1, 0.15) is 15.9 Å². The largest absolute Gasteiger partial charge is 0.480 e. The minimum Gasteiger partial charge on any atom is -0.480 e. The first-order valence-electron chi connectivity index (χ1n) is 13.3. The number of sulfone groups is 1. The maximum absolute atomic E-state index is 13.4. The van der Waals surface area contributed by atoms with Crippen molar-refractivity contribution in [1.29, 1.82) is 0 Å². The van der Waals surface area contributed by atoms with E-state index in [9.17, 15) is 23.1 Å². The standard InChI is InChI=1S/C31H36BrNO6S2/c1-4-40-20-25(17-22-9-7-10-24(32)16-22)39-19-23-12-13-27(28(18-23)26-11-6-5-8-21(26)2)30(34)33-29(31(35)36)14-15-41(3,37)38/h5-13,16,18,25,29H,4,14-15,17,19-20H2,1-3H3,(H,33,34)(H,35,36). The van der Waals surface area contributed by atoms with Gasteiger partial charge in [-0.15, -0.1) is 0 Å². The molecule has 0 fully saturated rings. The second-order valence-electron chi connectivity index (χ2n) is 9.90. The molecule has 0 aromatic heterocycles. The van der Waals surface area contributed by atoms with Crippen LogP contribution in [0.4, 0.5) is 0 Å². The van der Waals surface area contributed by atoms with Crippen molar-refractivity contribution in [2.24, 2.45) is 0 Å². The van der Waals surface area contributed by atoms with Gasteiger partial charge in [-0.1, -0.05) is 65.3 Å². The maximum atomic E-state index is 13.4. The van der Waals surface area contributed by atoms with E-state index >= 15 is 0 Å². The Balaban J connectivity index is 1.87. The molecular formula is C31H36BrNO6S2. The van der Waals surface area contributed by atoms with Crippen molar-refractivity contribution < 1.29 is 27.9 Å². The van der Waals surface area contributed by atoms with E-state index in [-0.39, 0.29) is 18.3 Å². The topological polar surface area (TPSA) is 110 Å². The van der Waals surface area contributed by atoms with E-state index in [4.69, 9.17) is 4.74 Å². The van der Waals surface area contributed by atoms with Crippen LogP contribution in [0.1, 0.15) is 40.4 Å². The number of carboxylic acids is 1. The third kappa shape index (κ3) is 10.6. The number of carbonyl (C=O) groups excluding carboxylic acids is 1. The molecule has 0 heterocycles. The van der Waals surface area contributed by atoms with Gasteiger partial charge in [0.2, 0.25) is 0 Å². The molecule has 0 spiro atoms.